The van der Waals surface area contributed by atoms with Gasteiger partial charge in [-0.15, -0.1) is 0 Å². The molecule has 13 nitrogen and oxygen atoms in total. The van der Waals surface area contributed by atoms with E-state index in [1.807, 2.05) is 26.8 Å². The number of rotatable bonds is 10. The van der Waals surface area contributed by atoms with Gasteiger partial charge in [-0.25, -0.2) is 10.1 Å². The molecule has 0 aliphatic carbocycles. The van der Waals surface area contributed by atoms with Crippen LogP contribution in [0.1, 0.15) is 47.3 Å². The zero-order chi connectivity index (χ0) is 29.5. The van der Waals surface area contributed by atoms with Crippen LogP contribution in [-0.4, -0.2) is 66.0 Å². The summed E-state index contributed by atoms with van der Waals surface area (Å²) in [7, 11) is 0. The van der Waals surface area contributed by atoms with Crippen molar-refractivity contribution in [3.05, 3.63) is 47.0 Å². The number of ether oxygens (including phenoxy) is 1. The zero-order valence-electron chi connectivity index (χ0n) is 22.9. The first-order valence-corrected chi connectivity index (χ1v) is 15.3. The smallest absolute Gasteiger partial charge is 0.313 e. The number of ketones is 1. The van der Waals surface area contributed by atoms with Crippen LogP contribution >= 0.6 is 6.64 Å². The van der Waals surface area contributed by atoms with Gasteiger partial charge in [0.1, 0.15) is 29.3 Å². The Kier molecular flexibility index (Phi) is 8.53. The summed E-state index contributed by atoms with van der Waals surface area (Å²) >= 11 is 5.78. The Morgan fingerprint density at radius 3 is 2.70 bits per heavy atom. The third kappa shape index (κ3) is 6.60. The van der Waals surface area contributed by atoms with Crippen molar-refractivity contribution in [1.29, 1.82) is 0 Å². The molecule has 40 heavy (non-hydrogen) atoms. The first kappa shape index (κ1) is 30.3. The van der Waals surface area contributed by atoms with Gasteiger partial charge in [-0.3, -0.25) is 19.1 Å². The molecule has 0 bridgehead atoms. The number of nitrogen functional groups attached to an aromatic ring is 1. The lowest BCUT2D eigenvalue weighted by Crippen LogP contribution is -2.44. The fraction of sp³-hybridized carbons (Fsp3) is 0.520. The largest absolute Gasteiger partial charge is 0.433 e. The monoisotopic (exact) mass is 594 g/mol. The predicted molar refractivity (Wildman–Crippen MR) is 152 cm³/mol. The highest BCUT2D eigenvalue weighted by molar-refractivity contribution is 8.09. The van der Waals surface area contributed by atoms with Gasteiger partial charge in [-0.05, 0) is 43.2 Å². The maximum Gasteiger partial charge on any atom is 0.313 e. The number of para-hydroxylation sites is 1. The fourth-order valence-electron chi connectivity index (χ4n) is 4.36. The summed E-state index contributed by atoms with van der Waals surface area (Å²) in [6.07, 6.45) is -2.11. The summed E-state index contributed by atoms with van der Waals surface area (Å²) in [6, 6.07) is 8.11. The van der Waals surface area contributed by atoms with Crippen molar-refractivity contribution in [3.63, 3.8) is 0 Å². The molecule has 3 aromatic rings. The van der Waals surface area contributed by atoms with Crippen LogP contribution < -0.4 is 20.9 Å². The second kappa shape index (κ2) is 11.3. The molecule has 1 unspecified atom stereocenters. The minimum absolute atomic E-state index is 0.00679. The maximum atomic E-state index is 12.9. The van der Waals surface area contributed by atoms with E-state index in [2.05, 4.69) is 20.0 Å². The number of aliphatic hydroxyl groups is 2. The van der Waals surface area contributed by atoms with Gasteiger partial charge >= 0.3 is 6.64 Å². The minimum atomic E-state index is -3.37. The Morgan fingerprint density at radius 1 is 1.38 bits per heavy atom. The van der Waals surface area contributed by atoms with E-state index in [1.54, 1.807) is 31.2 Å². The van der Waals surface area contributed by atoms with Gasteiger partial charge in [0.2, 0.25) is 5.95 Å². The van der Waals surface area contributed by atoms with E-state index in [0.717, 1.165) is 0 Å². The number of hydrogen-bond donors (Lipinski definition) is 5. The number of aromatic nitrogens is 4. The minimum Gasteiger partial charge on any atom is -0.433 e. The number of H-pyrrole nitrogens is 1. The molecule has 0 radical (unpaired) electrons. The molecule has 15 heteroatoms. The number of fused-ring (bicyclic) bond motifs is 1. The summed E-state index contributed by atoms with van der Waals surface area (Å²) in [5.41, 5.74) is 3.14. The fourth-order valence-corrected chi connectivity index (χ4v) is 6.81. The van der Waals surface area contributed by atoms with E-state index in [-0.39, 0.29) is 34.9 Å². The molecule has 0 saturated carbocycles. The number of nitrogens with two attached hydrogens (primary N) is 1. The van der Waals surface area contributed by atoms with Gasteiger partial charge in [-0.1, -0.05) is 39.0 Å². The summed E-state index contributed by atoms with van der Waals surface area (Å²) in [6.45, 7) is 5.32. The number of carbonyl (C=O) groups is 1. The van der Waals surface area contributed by atoms with Crippen molar-refractivity contribution < 1.29 is 28.8 Å². The Labute approximate surface area is 236 Å². The number of aromatic amines is 1. The molecule has 3 heterocycles. The number of imidazole rings is 1. The third-order valence-electron chi connectivity index (χ3n) is 6.37. The number of hydrogen-bond acceptors (Lipinski definition) is 11. The standard InChI is InChI=1S/C25H35N6O7PS/c1-14(16(32)11-24(2,3)4)30-39(40,38-15-9-7-6-8-10-15)36-12-17-19(33)25(5,35)22(37-17)31-13-27-18-20(31)28-23(26)29-21(18)34/h6-10,13-14,17,19,22,33,35H,11-12H2,1-5H3,(H,30,40)(H3,26,28,29,34)/t14-,17+,19+,22+,25+,39?/m0/s1. The van der Waals surface area contributed by atoms with Gasteiger partial charge in [0.05, 0.1) is 19.0 Å². The van der Waals surface area contributed by atoms with Gasteiger partial charge in [0.25, 0.3) is 5.56 Å². The zero-order valence-corrected chi connectivity index (χ0v) is 24.6. The molecule has 6 atom stereocenters. The first-order valence-electron chi connectivity index (χ1n) is 12.7. The van der Waals surface area contributed by atoms with Crippen LogP contribution in [0.25, 0.3) is 11.2 Å². The van der Waals surface area contributed by atoms with Crippen LogP contribution in [0.3, 0.4) is 0 Å². The van der Waals surface area contributed by atoms with Crippen LogP contribution in [0.4, 0.5) is 5.95 Å². The molecule has 0 amide bonds. The number of nitrogens with zero attached hydrogens (tertiary/aromatic N) is 3. The molecule has 1 fully saturated rings. The van der Waals surface area contributed by atoms with Crippen molar-refractivity contribution in [2.24, 2.45) is 5.41 Å². The van der Waals surface area contributed by atoms with Crippen molar-refractivity contribution in [1.82, 2.24) is 24.6 Å². The Hall–Kier alpha value is -2.71. The average molecular weight is 595 g/mol. The number of nitrogens with one attached hydrogen (secondary N) is 2. The highest BCUT2D eigenvalue weighted by Gasteiger charge is 2.54. The molecular formula is C25H35N6O7PS. The number of aliphatic hydroxyl groups excluding tert-OH is 1. The number of carbonyl (C=O) groups excluding carboxylic acids is 1. The van der Waals surface area contributed by atoms with E-state index < -0.39 is 42.3 Å². The van der Waals surface area contributed by atoms with Gasteiger partial charge in [0.15, 0.2) is 17.4 Å². The van der Waals surface area contributed by atoms with E-state index in [1.165, 1.54) is 17.8 Å². The SMILES string of the molecule is C[C@H](NP(=S)(OC[C@H]1O[C@@H](n2cnc3c(=O)[nH]c(N)nc32)[C@](C)(O)[C@@H]1O)Oc1ccccc1)C(=O)CC(C)(C)C. The molecule has 4 rings (SSSR count). The molecule has 2 aromatic heterocycles. The number of anilines is 1. The molecule has 6 N–H and O–H groups in total. The predicted octanol–water partition coefficient (Wildman–Crippen LogP) is 2.01. The highest BCUT2D eigenvalue weighted by atomic mass is 32.5. The van der Waals surface area contributed by atoms with Gasteiger partial charge in [-0.2, -0.15) is 4.98 Å². The van der Waals surface area contributed by atoms with E-state index in [4.69, 9.17) is 31.3 Å². The van der Waals surface area contributed by atoms with Gasteiger partial charge in [0, 0.05) is 6.42 Å². The summed E-state index contributed by atoms with van der Waals surface area (Å²) in [5.74, 6) is 0.235. The molecule has 1 aromatic carbocycles. The number of benzene rings is 1. The van der Waals surface area contributed by atoms with Crippen LogP contribution in [0.15, 0.2) is 41.5 Å². The molecule has 1 aliphatic heterocycles. The third-order valence-corrected chi connectivity index (χ3v) is 8.87. The molecule has 0 spiro atoms. The lowest BCUT2D eigenvalue weighted by atomic mass is 9.88. The van der Waals surface area contributed by atoms with E-state index in [9.17, 15) is 19.8 Å². The van der Waals surface area contributed by atoms with Crippen molar-refractivity contribution in [2.45, 2.75) is 71.1 Å². The Balaban J connectivity index is 1.56. The molecule has 1 saturated heterocycles. The molecule has 1 aliphatic rings. The molecular weight excluding hydrogens is 559 g/mol. The Bertz CT molecular complexity index is 1470. The van der Waals surface area contributed by atoms with E-state index >= 15 is 0 Å². The first-order chi connectivity index (χ1) is 18.6. The lowest BCUT2D eigenvalue weighted by Gasteiger charge is -2.29. The van der Waals surface area contributed by atoms with Crippen LogP contribution in [0.5, 0.6) is 5.75 Å². The van der Waals surface area contributed by atoms with Gasteiger partial charge < -0.3 is 29.7 Å². The second-order valence-electron chi connectivity index (χ2n) is 11.2. The van der Waals surface area contributed by atoms with Crippen LogP contribution in [0.2, 0.25) is 0 Å². The van der Waals surface area contributed by atoms with Crippen molar-refractivity contribution >= 4 is 41.3 Å². The maximum absolute atomic E-state index is 12.9. The average Bonchev–Trinajstić information content (AvgIpc) is 3.35. The van der Waals surface area contributed by atoms with Crippen molar-refractivity contribution in [3.8, 4) is 5.75 Å². The summed E-state index contributed by atoms with van der Waals surface area (Å²) < 4.78 is 19.4. The Morgan fingerprint density at radius 2 is 2.05 bits per heavy atom. The molecule has 218 valence electrons. The normalized spacial score (nSPS) is 25.5. The van der Waals surface area contributed by atoms with E-state index in [0.29, 0.717) is 12.2 Å². The number of Topliss-reactive ketones (excluding diaryl/α,β-unsaturated/α-hetero) is 1. The second-order valence-corrected chi connectivity index (χ2v) is 14.4. The van der Waals surface area contributed by atoms with Crippen molar-refractivity contribution in [2.75, 3.05) is 12.3 Å². The lowest BCUT2D eigenvalue weighted by molar-refractivity contribution is -0.122. The van der Waals surface area contributed by atoms with Crippen LogP contribution in [0, 0.1) is 5.41 Å². The summed E-state index contributed by atoms with van der Waals surface area (Å²) in [5, 5.41) is 25.3. The summed E-state index contributed by atoms with van der Waals surface area (Å²) in [4.78, 5) is 35.6. The topological polar surface area (TPSA) is 187 Å². The quantitative estimate of drug-likeness (QED) is 0.215. The highest BCUT2D eigenvalue weighted by Crippen LogP contribution is 2.47. The van der Waals surface area contributed by atoms with Crippen LogP contribution in [-0.2, 0) is 25.9 Å².